The largest absolute Gasteiger partial charge is 0.295 e. The first-order valence-corrected chi connectivity index (χ1v) is 11.4. The lowest BCUT2D eigenvalue weighted by atomic mass is 9.89. The first-order chi connectivity index (χ1) is 12.7. The zero-order valence-electron chi connectivity index (χ0n) is 18.8. The summed E-state index contributed by atoms with van der Waals surface area (Å²) in [7, 11) is -4.20. The van der Waals surface area contributed by atoms with Crippen LogP contribution in [0.2, 0.25) is 0 Å². The van der Waals surface area contributed by atoms with Gasteiger partial charge in [0.15, 0.2) is 0 Å². The Hall–Kier alpha value is -1.65. The van der Waals surface area contributed by atoms with Gasteiger partial charge in [-0.2, -0.15) is 8.42 Å². The SMILES string of the molecule is CC(C)c1cc(C(C)C)c(S(=O)(=O)O)c(C(C)C)c1.Cc1cc(C)cc(C)c1. The lowest BCUT2D eigenvalue weighted by Gasteiger charge is -2.20. The van der Waals surface area contributed by atoms with Crippen molar-refractivity contribution in [3.8, 4) is 0 Å². The van der Waals surface area contributed by atoms with E-state index in [9.17, 15) is 13.0 Å². The zero-order valence-corrected chi connectivity index (χ0v) is 19.6. The fourth-order valence-electron chi connectivity index (χ4n) is 3.39. The van der Waals surface area contributed by atoms with E-state index < -0.39 is 10.1 Å². The van der Waals surface area contributed by atoms with Gasteiger partial charge in [-0.3, -0.25) is 4.55 Å². The predicted octanol–water partition coefficient (Wildman–Crippen LogP) is 6.92. The maximum atomic E-state index is 11.7. The Morgan fingerprint density at radius 3 is 1.18 bits per heavy atom. The molecule has 2 aromatic carbocycles. The molecule has 0 amide bonds. The van der Waals surface area contributed by atoms with Gasteiger partial charge in [0.1, 0.15) is 4.90 Å². The Morgan fingerprint density at radius 1 is 0.643 bits per heavy atom. The Kier molecular flexibility index (Phi) is 8.45. The molecule has 2 aromatic rings. The van der Waals surface area contributed by atoms with Crippen molar-refractivity contribution in [2.75, 3.05) is 0 Å². The van der Waals surface area contributed by atoms with Crippen LogP contribution in [0.3, 0.4) is 0 Å². The summed E-state index contributed by atoms with van der Waals surface area (Å²) in [5.74, 6) is 0.423. The first kappa shape index (κ1) is 24.4. The third-order valence-electron chi connectivity index (χ3n) is 4.70. The lowest BCUT2D eigenvalue weighted by molar-refractivity contribution is 0.479. The molecule has 1 N–H and O–H groups in total. The molecule has 0 radical (unpaired) electrons. The van der Waals surface area contributed by atoms with Gasteiger partial charge < -0.3 is 0 Å². The number of hydrogen-bond donors (Lipinski definition) is 1. The Bertz CT molecular complexity index is 828. The monoisotopic (exact) mass is 404 g/mol. The van der Waals surface area contributed by atoms with Crippen LogP contribution in [0.15, 0.2) is 35.2 Å². The van der Waals surface area contributed by atoms with Crippen molar-refractivity contribution in [3.05, 3.63) is 63.7 Å². The predicted molar refractivity (Wildman–Crippen MR) is 119 cm³/mol. The smallest absolute Gasteiger partial charge is 0.282 e. The average Bonchev–Trinajstić information content (AvgIpc) is 2.51. The molecular weight excluding hydrogens is 368 g/mol. The highest BCUT2D eigenvalue weighted by Crippen LogP contribution is 2.34. The lowest BCUT2D eigenvalue weighted by Crippen LogP contribution is -2.11. The molecule has 0 aromatic heterocycles. The fraction of sp³-hybridized carbons (Fsp3) is 0.500. The molecule has 156 valence electrons. The van der Waals surface area contributed by atoms with Crippen molar-refractivity contribution >= 4 is 10.1 Å². The molecule has 4 heteroatoms. The summed E-state index contributed by atoms with van der Waals surface area (Å²) in [6.45, 7) is 18.3. The molecule has 3 nitrogen and oxygen atoms in total. The second kappa shape index (κ2) is 9.71. The normalized spacial score (nSPS) is 11.8. The molecule has 2 rings (SSSR count). The molecule has 0 saturated carbocycles. The standard InChI is InChI=1S/C15H24O3S.C9H12/c1-9(2)12-7-13(10(3)4)15(19(16,17)18)14(8-12)11(5)6;1-7-4-8(2)6-9(3)5-7/h7-11H,1-6H3,(H,16,17,18);4-6H,1-3H3. The minimum atomic E-state index is -4.20. The third kappa shape index (κ3) is 6.75. The Labute approximate surface area is 172 Å². The van der Waals surface area contributed by atoms with Crippen LogP contribution in [-0.2, 0) is 10.1 Å². The van der Waals surface area contributed by atoms with E-state index >= 15 is 0 Å². The molecule has 0 spiro atoms. The summed E-state index contributed by atoms with van der Waals surface area (Å²) in [4.78, 5) is 0.0990. The molecule has 0 saturated heterocycles. The van der Waals surface area contributed by atoms with Crippen molar-refractivity contribution in [2.45, 2.75) is 85.0 Å². The molecule has 0 aliphatic heterocycles. The molecule has 0 aliphatic rings. The molecule has 28 heavy (non-hydrogen) atoms. The van der Waals surface area contributed by atoms with Crippen molar-refractivity contribution in [3.63, 3.8) is 0 Å². The highest BCUT2D eigenvalue weighted by atomic mass is 32.2. The van der Waals surface area contributed by atoms with E-state index in [0.717, 1.165) is 5.56 Å². The van der Waals surface area contributed by atoms with E-state index in [4.69, 9.17) is 0 Å². The summed E-state index contributed by atoms with van der Waals surface area (Å²) < 4.78 is 33.0. The fourth-order valence-corrected chi connectivity index (χ4v) is 4.57. The quantitative estimate of drug-likeness (QED) is 0.563. The van der Waals surface area contributed by atoms with E-state index in [1.807, 2.05) is 39.8 Å². The van der Waals surface area contributed by atoms with E-state index in [0.29, 0.717) is 17.0 Å². The van der Waals surface area contributed by atoms with E-state index in [2.05, 4.69) is 52.8 Å². The number of benzene rings is 2. The van der Waals surface area contributed by atoms with Gasteiger partial charge in [0.2, 0.25) is 0 Å². The first-order valence-electron chi connectivity index (χ1n) is 9.94. The van der Waals surface area contributed by atoms with Gasteiger partial charge in [-0.1, -0.05) is 88.6 Å². The van der Waals surface area contributed by atoms with E-state index in [-0.39, 0.29) is 16.7 Å². The Morgan fingerprint density at radius 2 is 0.964 bits per heavy atom. The molecular formula is C24H36O3S. The summed E-state index contributed by atoms with van der Waals surface area (Å²) in [6, 6.07) is 10.4. The van der Waals surface area contributed by atoms with Crippen LogP contribution >= 0.6 is 0 Å². The zero-order chi connectivity index (χ0) is 21.8. The molecule has 0 bridgehead atoms. The van der Waals surface area contributed by atoms with E-state index in [1.165, 1.54) is 16.7 Å². The molecule has 0 atom stereocenters. The Balaban J connectivity index is 0.000000362. The van der Waals surface area contributed by atoms with Gasteiger partial charge in [0.05, 0.1) is 0 Å². The summed E-state index contributed by atoms with van der Waals surface area (Å²) in [6.07, 6.45) is 0. The van der Waals surface area contributed by atoms with E-state index in [1.54, 1.807) is 0 Å². The van der Waals surface area contributed by atoms with Gasteiger partial charge in [-0.15, -0.1) is 0 Å². The third-order valence-corrected chi connectivity index (χ3v) is 5.69. The van der Waals surface area contributed by atoms with Crippen molar-refractivity contribution in [2.24, 2.45) is 0 Å². The van der Waals surface area contributed by atoms with Crippen LogP contribution in [-0.4, -0.2) is 13.0 Å². The molecule has 0 heterocycles. The van der Waals surface area contributed by atoms with Crippen LogP contribution in [0.25, 0.3) is 0 Å². The van der Waals surface area contributed by atoms with Crippen LogP contribution < -0.4 is 0 Å². The highest BCUT2D eigenvalue weighted by molar-refractivity contribution is 7.86. The molecule has 0 unspecified atom stereocenters. The number of rotatable bonds is 4. The summed E-state index contributed by atoms with van der Waals surface area (Å²) in [5, 5.41) is 0. The van der Waals surface area contributed by atoms with Crippen LogP contribution in [0.1, 0.15) is 92.7 Å². The second-order valence-corrected chi connectivity index (χ2v) is 9.99. The van der Waals surface area contributed by atoms with Crippen molar-refractivity contribution < 1.29 is 13.0 Å². The maximum Gasteiger partial charge on any atom is 0.295 e. The highest BCUT2D eigenvalue weighted by Gasteiger charge is 2.25. The minimum Gasteiger partial charge on any atom is -0.282 e. The summed E-state index contributed by atoms with van der Waals surface area (Å²) in [5.41, 5.74) is 6.59. The minimum absolute atomic E-state index is 0.0492. The number of aryl methyl sites for hydroxylation is 3. The maximum absolute atomic E-state index is 11.7. The number of hydrogen-bond acceptors (Lipinski definition) is 2. The summed E-state index contributed by atoms with van der Waals surface area (Å²) >= 11 is 0. The molecule has 0 fully saturated rings. The van der Waals surface area contributed by atoms with Gasteiger partial charge in [-0.05, 0) is 55.2 Å². The van der Waals surface area contributed by atoms with Gasteiger partial charge >= 0.3 is 0 Å². The van der Waals surface area contributed by atoms with Crippen molar-refractivity contribution in [1.82, 2.24) is 0 Å². The molecule has 0 aliphatic carbocycles. The van der Waals surface area contributed by atoms with Crippen LogP contribution in [0.4, 0.5) is 0 Å². The van der Waals surface area contributed by atoms with Gasteiger partial charge in [0, 0.05) is 0 Å². The van der Waals surface area contributed by atoms with Gasteiger partial charge in [0.25, 0.3) is 10.1 Å². The second-order valence-electron chi connectivity index (χ2n) is 8.63. The van der Waals surface area contributed by atoms with Crippen LogP contribution in [0.5, 0.6) is 0 Å². The average molecular weight is 405 g/mol. The topological polar surface area (TPSA) is 54.4 Å². The van der Waals surface area contributed by atoms with Crippen LogP contribution in [0, 0.1) is 20.8 Å². The van der Waals surface area contributed by atoms with Gasteiger partial charge in [-0.25, -0.2) is 0 Å². The van der Waals surface area contributed by atoms with Crippen molar-refractivity contribution in [1.29, 1.82) is 0 Å².